The van der Waals surface area contributed by atoms with E-state index in [9.17, 15) is 0 Å². The third kappa shape index (κ3) is 2.79. The van der Waals surface area contributed by atoms with Crippen molar-refractivity contribution < 1.29 is 0 Å². The van der Waals surface area contributed by atoms with Crippen molar-refractivity contribution in [2.75, 3.05) is 0 Å². The zero-order valence-electron chi connectivity index (χ0n) is 8.22. The van der Waals surface area contributed by atoms with Gasteiger partial charge in [-0.25, -0.2) is 0 Å². The van der Waals surface area contributed by atoms with Crippen molar-refractivity contribution in [1.82, 2.24) is 5.43 Å². The molecule has 0 heterocycles. The third-order valence-electron chi connectivity index (χ3n) is 2.14. The van der Waals surface area contributed by atoms with Crippen molar-refractivity contribution in [2.24, 2.45) is 11.8 Å². The molecule has 0 aliphatic heterocycles. The van der Waals surface area contributed by atoms with E-state index in [1.165, 1.54) is 5.56 Å². The number of hydrogen-bond acceptors (Lipinski definition) is 2. The predicted octanol–water partition coefficient (Wildman–Crippen LogP) is 3.37. The van der Waals surface area contributed by atoms with Crippen LogP contribution in [0.15, 0.2) is 27.1 Å². The lowest BCUT2D eigenvalue weighted by Crippen LogP contribution is -2.31. The maximum Gasteiger partial charge on any atom is 0.0494 e. The van der Waals surface area contributed by atoms with E-state index in [1.54, 1.807) is 0 Å². The van der Waals surface area contributed by atoms with E-state index in [0.717, 1.165) is 8.95 Å². The van der Waals surface area contributed by atoms with Crippen LogP contribution in [0, 0.1) is 5.92 Å². The molecule has 0 amide bonds. The summed E-state index contributed by atoms with van der Waals surface area (Å²) in [6, 6.07) is 6.27. The van der Waals surface area contributed by atoms with E-state index in [-0.39, 0.29) is 6.04 Å². The first kappa shape index (κ1) is 12.2. The number of hydrogen-bond donors (Lipinski definition) is 2. The molecule has 0 saturated heterocycles. The summed E-state index contributed by atoms with van der Waals surface area (Å²) in [5.74, 6) is 5.99. The molecule has 14 heavy (non-hydrogen) atoms. The summed E-state index contributed by atoms with van der Waals surface area (Å²) < 4.78 is 2.15. The monoisotopic (exact) mass is 320 g/mol. The summed E-state index contributed by atoms with van der Waals surface area (Å²) in [5.41, 5.74) is 4.01. The van der Waals surface area contributed by atoms with E-state index in [0.29, 0.717) is 5.92 Å². The van der Waals surface area contributed by atoms with Gasteiger partial charge in [-0.15, -0.1) is 0 Å². The molecule has 0 radical (unpaired) electrons. The Morgan fingerprint density at radius 1 is 1.29 bits per heavy atom. The van der Waals surface area contributed by atoms with Gasteiger partial charge in [-0.1, -0.05) is 45.7 Å². The minimum absolute atomic E-state index is 0.168. The summed E-state index contributed by atoms with van der Waals surface area (Å²) in [4.78, 5) is 0. The summed E-state index contributed by atoms with van der Waals surface area (Å²) >= 11 is 6.98. The first-order valence-electron chi connectivity index (χ1n) is 4.47. The highest BCUT2D eigenvalue weighted by atomic mass is 79.9. The van der Waals surface area contributed by atoms with Crippen molar-refractivity contribution in [2.45, 2.75) is 19.9 Å². The van der Waals surface area contributed by atoms with Crippen LogP contribution in [0.1, 0.15) is 25.5 Å². The van der Waals surface area contributed by atoms with Gasteiger partial charge in [0.25, 0.3) is 0 Å². The van der Waals surface area contributed by atoms with E-state index in [4.69, 9.17) is 5.84 Å². The van der Waals surface area contributed by atoms with Crippen LogP contribution in [-0.2, 0) is 0 Å². The topological polar surface area (TPSA) is 38.0 Å². The molecular formula is C10H14Br2N2. The van der Waals surface area contributed by atoms with Crippen molar-refractivity contribution in [3.05, 3.63) is 32.7 Å². The summed E-state index contributed by atoms with van der Waals surface area (Å²) in [7, 11) is 0. The highest BCUT2D eigenvalue weighted by Gasteiger charge is 2.16. The van der Waals surface area contributed by atoms with E-state index < -0.39 is 0 Å². The largest absolute Gasteiger partial charge is 0.271 e. The van der Waals surface area contributed by atoms with Crippen molar-refractivity contribution in [3.8, 4) is 0 Å². The molecule has 0 spiro atoms. The smallest absolute Gasteiger partial charge is 0.0494 e. The molecule has 0 bridgehead atoms. The molecule has 1 rings (SSSR count). The van der Waals surface area contributed by atoms with Gasteiger partial charge in [0.05, 0.1) is 0 Å². The molecule has 0 saturated carbocycles. The number of halogens is 2. The number of nitrogens with one attached hydrogen (secondary N) is 1. The molecule has 0 aliphatic carbocycles. The Kier molecular flexibility index (Phi) is 4.57. The predicted molar refractivity (Wildman–Crippen MR) is 66.7 cm³/mol. The van der Waals surface area contributed by atoms with Gasteiger partial charge >= 0.3 is 0 Å². The van der Waals surface area contributed by atoms with Crippen LogP contribution in [0.25, 0.3) is 0 Å². The van der Waals surface area contributed by atoms with E-state index in [1.807, 2.05) is 12.1 Å². The summed E-state index contributed by atoms with van der Waals surface area (Å²) in [5, 5.41) is 0. The SMILES string of the molecule is CC(C)C(NN)c1cc(Br)ccc1Br. The maximum atomic E-state index is 5.54. The second kappa shape index (κ2) is 5.26. The Hall–Kier alpha value is 0.1000. The lowest BCUT2D eigenvalue weighted by molar-refractivity contribution is 0.419. The highest BCUT2D eigenvalue weighted by Crippen LogP contribution is 2.30. The molecule has 4 heteroatoms. The minimum atomic E-state index is 0.168. The zero-order valence-corrected chi connectivity index (χ0v) is 11.4. The molecule has 1 atom stereocenters. The molecule has 78 valence electrons. The first-order chi connectivity index (χ1) is 6.56. The number of benzene rings is 1. The van der Waals surface area contributed by atoms with Gasteiger partial charge in [-0.2, -0.15) is 0 Å². The summed E-state index contributed by atoms with van der Waals surface area (Å²) in [6.45, 7) is 4.27. The van der Waals surface area contributed by atoms with Gasteiger partial charge in [-0.05, 0) is 29.7 Å². The Labute approximate surface area is 101 Å². The van der Waals surface area contributed by atoms with Crippen molar-refractivity contribution in [1.29, 1.82) is 0 Å². The van der Waals surface area contributed by atoms with Crippen LogP contribution >= 0.6 is 31.9 Å². The Morgan fingerprint density at radius 3 is 2.43 bits per heavy atom. The van der Waals surface area contributed by atoms with Gasteiger partial charge in [0.1, 0.15) is 0 Å². The number of hydrazine groups is 1. The fraction of sp³-hybridized carbons (Fsp3) is 0.400. The quantitative estimate of drug-likeness (QED) is 0.661. The Morgan fingerprint density at radius 2 is 1.93 bits per heavy atom. The number of nitrogens with two attached hydrogens (primary N) is 1. The average Bonchev–Trinajstić information content (AvgIpc) is 2.11. The lowest BCUT2D eigenvalue weighted by Gasteiger charge is -2.21. The molecule has 1 unspecified atom stereocenters. The standard InChI is InChI=1S/C10H14Br2N2/c1-6(2)10(14-13)8-5-7(11)3-4-9(8)12/h3-6,10,14H,13H2,1-2H3. The second-order valence-electron chi connectivity index (χ2n) is 3.55. The van der Waals surface area contributed by atoms with Gasteiger partial charge in [-0.3, -0.25) is 11.3 Å². The first-order valence-corrected chi connectivity index (χ1v) is 6.06. The minimum Gasteiger partial charge on any atom is -0.271 e. The number of rotatable bonds is 3. The van der Waals surface area contributed by atoms with Crippen LogP contribution in [0.5, 0.6) is 0 Å². The van der Waals surface area contributed by atoms with Gasteiger partial charge < -0.3 is 0 Å². The highest BCUT2D eigenvalue weighted by molar-refractivity contribution is 9.11. The molecule has 3 N–H and O–H groups in total. The van der Waals surface area contributed by atoms with Gasteiger partial charge in [0, 0.05) is 15.0 Å². The molecule has 1 aromatic carbocycles. The maximum absolute atomic E-state index is 5.54. The molecule has 0 aromatic heterocycles. The van der Waals surface area contributed by atoms with Gasteiger partial charge in [0.2, 0.25) is 0 Å². The average molecular weight is 322 g/mol. The molecule has 1 aromatic rings. The van der Waals surface area contributed by atoms with Crippen LogP contribution in [0.4, 0.5) is 0 Å². The van der Waals surface area contributed by atoms with E-state index in [2.05, 4.69) is 57.2 Å². The molecule has 0 aliphatic rings. The van der Waals surface area contributed by atoms with Crippen molar-refractivity contribution in [3.63, 3.8) is 0 Å². The van der Waals surface area contributed by atoms with Crippen molar-refractivity contribution >= 4 is 31.9 Å². The fourth-order valence-electron chi connectivity index (χ4n) is 1.39. The molecule has 0 fully saturated rings. The normalized spacial score (nSPS) is 13.3. The molecular weight excluding hydrogens is 308 g/mol. The zero-order chi connectivity index (χ0) is 10.7. The molecule has 2 nitrogen and oxygen atoms in total. The summed E-state index contributed by atoms with van der Waals surface area (Å²) in [6.07, 6.45) is 0. The second-order valence-corrected chi connectivity index (χ2v) is 5.32. The third-order valence-corrected chi connectivity index (χ3v) is 3.35. The Bertz CT molecular complexity index is 313. The van der Waals surface area contributed by atoms with Crippen LogP contribution in [-0.4, -0.2) is 0 Å². The lowest BCUT2D eigenvalue weighted by atomic mass is 9.97. The van der Waals surface area contributed by atoms with Gasteiger partial charge in [0.15, 0.2) is 0 Å². The van der Waals surface area contributed by atoms with E-state index >= 15 is 0 Å². The van der Waals surface area contributed by atoms with Crippen LogP contribution in [0.2, 0.25) is 0 Å². The Balaban J connectivity index is 3.08. The fourth-order valence-corrected chi connectivity index (χ4v) is 2.27. The van der Waals surface area contributed by atoms with Crippen LogP contribution in [0.3, 0.4) is 0 Å². The van der Waals surface area contributed by atoms with Crippen LogP contribution < -0.4 is 11.3 Å².